The zero-order chi connectivity index (χ0) is 14.1. The van der Waals surface area contributed by atoms with Crippen LogP contribution in [0.25, 0.3) is 0 Å². The first-order valence-corrected chi connectivity index (χ1v) is 8.02. The minimum Gasteiger partial charge on any atom is -0.314 e. The van der Waals surface area contributed by atoms with Gasteiger partial charge in [0, 0.05) is 38.1 Å². The van der Waals surface area contributed by atoms with Crippen LogP contribution in [-0.4, -0.2) is 31.1 Å². The molecule has 0 amide bonds. The first-order chi connectivity index (χ1) is 10.4. The lowest BCUT2D eigenvalue weighted by atomic mass is 9.93. The lowest BCUT2D eigenvalue weighted by Crippen LogP contribution is -2.44. The Kier molecular flexibility index (Phi) is 3.50. The maximum Gasteiger partial charge on any atom is 0.0361 e. The van der Waals surface area contributed by atoms with Crippen LogP contribution in [0.4, 0.5) is 0 Å². The lowest BCUT2D eigenvalue weighted by molar-refractivity contribution is 0.171. The average Bonchev–Trinajstić information content (AvgIpc) is 2.96. The van der Waals surface area contributed by atoms with Crippen LogP contribution in [0.3, 0.4) is 0 Å². The number of nitrogens with one attached hydrogen (secondary N) is 1. The number of rotatable bonds is 2. The topological polar surface area (TPSA) is 15.3 Å². The number of nitrogens with zero attached hydrogens (tertiary/aromatic N) is 1. The molecule has 2 atom stereocenters. The van der Waals surface area contributed by atoms with E-state index in [1.54, 1.807) is 5.56 Å². The predicted molar refractivity (Wildman–Crippen MR) is 86.5 cm³/mol. The van der Waals surface area contributed by atoms with Gasteiger partial charge >= 0.3 is 0 Å². The van der Waals surface area contributed by atoms with Crippen molar-refractivity contribution >= 4 is 0 Å². The maximum absolute atomic E-state index is 3.46. The Morgan fingerprint density at radius 1 is 0.810 bits per heavy atom. The summed E-state index contributed by atoms with van der Waals surface area (Å²) < 4.78 is 0. The molecule has 1 N–H and O–H groups in total. The van der Waals surface area contributed by atoms with Gasteiger partial charge in [-0.25, -0.2) is 0 Å². The average molecular weight is 278 g/mol. The second-order valence-corrected chi connectivity index (χ2v) is 6.13. The summed E-state index contributed by atoms with van der Waals surface area (Å²) >= 11 is 0. The van der Waals surface area contributed by atoms with Crippen LogP contribution < -0.4 is 5.32 Å². The smallest absolute Gasteiger partial charge is 0.0361 e. The number of hydrogen-bond acceptors (Lipinski definition) is 2. The largest absolute Gasteiger partial charge is 0.314 e. The van der Waals surface area contributed by atoms with E-state index in [1.165, 1.54) is 30.6 Å². The number of benzene rings is 2. The molecule has 0 radical (unpaired) electrons. The molecule has 1 fully saturated rings. The molecule has 2 aliphatic rings. The Labute approximate surface area is 126 Å². The van der Waals surface area contributed by atoms with Gasteiger partial charge < -0.3 is 5.32 Å². The normalized spacial score (nSPS) is 25.7. The highest BCUT2D eigenvalue weighted by Crippen LogP contribution is 2.46. The SMILES string of the molecule is c1ccc([C@@H]2C[C@H](N3CCNCC3)c3ccccc32)cc1. The van der Waals surface area contributed by atoms with E-state index in [0.29, 0.717) is 12.0 Å². The van der Waals surface area contributed by atoms with Crippen LogP contribution in [0.2, 0.25) is 0 Å². The van der Waals surface area contributed by atoms with Gasteiger partial charge in [0.25, 0.3) is 0 Å². The van der Waals surface area contributed by atoms with Crippen LogP contribution in [0.15, 0.2) is 54.6 Å². The van der Waals surface area contributed by atoms with Crippen molar-refractivity contribution in [3.05, 3.63) is 71.3 Å². The van der Waals surface area contributed by atoms with Crippen LogP contribution >= 0.6 is 0 Å². The van der Waals surface area contributed by atoms with E-state index in [4.69, 9.17) is 0 Å². The molecule has 1 heterocycles. The molecule has 0 unspecified atom stereocenters. The van der Waals surface area contributed by atoms with Crippen LogP contribution in [-0.2, 0) is 0 Å². The van der Waals surface area contributed by atoms with Gasteiger partial charge in [0.1, 0.15) is 0 Å². The lowest BCUT2D eigenvalue weighted by Gasteiger charge is -2.33. The summed E-state index contributed by atoms with van der Waals surface area (Å²) in [6.45, 7) is 4.57. The van der Waals surface area contributed by atoms with E-state index < -0.39 is 0 Å². The second-order valence-electron chi connectivity index (χ2n) is 6.13. The summed E-state index contributed by atoms with van der Waals surface area (Å²) in [5.41, 5.74) is 4.54. The van der Waals surface area contributed by atoms with Gasteiger partial charge in [0.05, 0.1) is 0 Å². The molecule has 0 bridgehead atoms. The zero-order valence-electron chi connectivity index (χ0n) is 12.3. The Morgan fingerprint density at radius 2 is 1.48 bits per heavy atom. The first-order valence-electron chi connectivity index (χ1n) is 8.02. The van der Waals surface area contributed by atoms with Crippen molar-refractivity contribution in [1.82, 2.24) is 10.2 Å². The van der Waals surface area contributed by atoms with Gasteiger partial charge in [0.2, 0.25) is 0 Å². The molecule has 1 aliphatic heterocycles. The van der Waals surface area contributed by atoms with Crippen molar-refractivity contribution in [1.29, 1.82) is 0 Å². The third-order valence-corrected chi connectivity index (χ3v) is 4.98. The molecule has 21 heavy (non-hydrogen) atoms. The van der Waals surface area contributed by atoms with E-state index in [0.717, 1.165) is 13.1 Å². The Hall–Kier alpha value is -1.64. The van der Waals surface area contributed by atoms with Crippen LogP contribution in [0, 0.1) is 0 Å². The summed E-state index contributed by atoms with van der Waals surface area (Å²) in [6.07, 6.45) is 1.23. The highest BCUT2D eigenvalue weighted by molar-refractivity contribution is 5.44. The van der Waals surface area contributed by atoms with Crippen LogP contribution in [0.5, 0.6) is 0 Å². The molecular weight excluding hydrogens is 256 g/mol. The van der Waals surface area contributed by atoms with Crippen molar-refractivity contribution < 1.29 is 0 Å². The van der Waals surface area contributed by atoms with Gasteiger partial charge in [-0.1, -0.05) is 54.6 Å². The third kappa shape index (κ3) is 2.39. The molecule has 4 rings (SSSR count). The number of hydrogen-bond donors (Lipinski definition) is 1. The second kappa shape index (κ2) is 5.63. The molecule has 2 aromatic carbocycles. The van der Waals surface area contributed by atoms with E-state index in [1.807, 2.05) is 0 Å². The third-order valence-electron chi connectivity index (χ3n) is 4.98. The highest BCUT2D eigenvalue weighted by atomic mass is 15.2. The molecule has 2 heteroatoms. The fourth-order valence-electron chi connectivity index (χ4n) is 3.95. The molecule has 0 aromatic heterocycles. The standard InChI is InChI=1S/C19H22N2/c1-2-6-15(7-3-1)18-14-19(21-12-10-20-11-13-21)17-9-5-4-8-16(17)18/h1-9,18-20H,10-14H2/t18-,19-/m0/s1. The predicted octanol–water partition coefficient (Wildman–Crippen LogP) is 3.17. The van der Waals surface area contributed by atoms with Gasteiger partial charge in [-0.3, -0.25) is 4.90 Å². The number of piperazine rings is 1. The van der Waals surface area contributed by atoms with Gasteiger partial charge in [-0.05, 0) is 23.1 Å². The quantitative estimate of drug-likeness (QED) is 0.907. The molecule has 2 aromatic rings. The minimum absolute atomic E-state index is 0.558. The molecule has 2 nitrogen and oxygen atoms in total. The Balaban J connectivity index is 1.69. The fraction of sp³-hybridized carbons (Fsp3) is 0.368. The summed E-state index contributed by atoms with van der Waals surface area (Å²) in [5.74, 6) is 0.558. The molecule has 1 saturated heterocycles. The molecule has 0 spiro atoms. The Bertz CT molecular complexity index is 602. The van der Waals surface area contributed by atoms with E-state index in [-0.39, 0.29) is 0 Å². The summed E-state index contributed by atoms with van der Waals surface area (Å²) in [6, 6.07) is 20.6. The molecule has 108 valence electrons. The van der Waals surface area contributed by atoms with E-state index in [9.17, 15) is 0 Å². The van der Waals surface area contributed by atoms with E-state index >= 15 is 0 Å². The fourth-order valence-corrected chi connectivity index (χ4v) is 3.95. The molecular formula is C19H22N2. The number of fused-ring (bicyclic) bond motifs is 1. The maximum atomic E-state index is 3.46. The van der Waals surface area contributed by atoms with Gasteiger partial charge in [-0.15, -0.1) is 0 Å². The van der Waals surface area contributed by atoms with Crippen molar-refractivity contribution in [2.75, 3.05) is 26.2 Å². The van der Waals surface area contributed by atoms with Crippen LogP contribution in [0.1, 0.15) is 35.1 Å². The van der Waals surface area contributed by atoms with Crippen molar-refractivity contribution in [3.8, 4) is 0 Å². The molecule has 1 aliphatic carbocycles. The summed E-state index contributed by atoms with van der Waals surface area (Å²) in [5, 5.41) is 3.46. The molecule has 0 saturated carbocycles. The van der Waals surface area contributed by atoms with Gasteiger partial charge in [-0.2, -0.15) is 0 Å². The Morgan fingerprint density at radius 3 is 2.24 bits per heavy atom. The summed E-state index contributed by atoms with van der Waals surface area (Å²) in [7, 11) is 0. The van der Waals surface area contributed by atoms with Crippen molar-refractivity contribution in [2.45, 2.75) is 18.4 Å². The zero-order valence-corrected chi connectivity index (χ0v) is 12.3. The van der Waals surface area contributed by atoms with E-state index in [2.05, 4.69) is 64.8 Å². The van der Waals surface area contributed by atoms with Crippen molar-refractivity contribution in [3.63, 3.8) is 0 Å². The summed E-state index contributed by atoms with van der Waals surface area (Å²) in [4.78, 5) is 2.66. The van der Waals surface area contributed by atoms with Gasteiger partial charge in [0.15, 0.2) is 0 Å². The first kappa shape index (κ1) is 13.1. The monoisotopic (exact) mass is 278 g/mol. The highest BCUT2D eigenvalue weighted by Gasteiger charge is 2.35. The minimum atomic E-state index is 0.558. The van der Waals surface area contributed by atoms with Crippen molar-refractivity contribution in [2.24, 2.45) is 0 Å².